The molecule has 22 heavy (non-hydrogen) atoms. The number of sulfone groups is 1. The number of aliphatic hydroxyl groups is 1. The molecule has 0 bridgehead atoms. The second kappa shape index (κ2) is 6.10. The number of aliphatic hydroxyl groups excluding tert-OH is 1. The van der Waals surface area contributed by atoms with Crippen molar-refractivity contribution in [3.8, 4) is 0 Å². The van der Waals surface area contributed by atoms with Gasteiger partial charge in [-0.3, -0.25) is 0 Å². The highest BCUT2D eigenvalue weighted by atomic mass is 32.2. The smallest absolute Gasteiger partial charge is 0.387 e. The van der Waals surface area contributed by atoms with Crippen molar-refractivity contribution in [3.05, 3.63) is 71.8 Å². The van der Waals surface area contributed by atoms with Gasteiger partial charge < -0.3 is 5.11 Å². The molecule has 0 heterocycles. The molecule has 0 amide bonds. The number of hydrogen-bond acceptors (Lipinski definition) is 3. The summed E-state index contributed by atoms with van der Waals surface area (Å²) < 4.78 is 62.6. The molecule has 0 fully saturated rings. The molecule has 0 aliphatic heterocycles. The number of halogens is 3. The molecule has 118 valence electrons. The molecular formula is C15H13F3O3S. The zero-order valence-electron chi connectivity index (χ0n) is 11.2. The van der Waals surface area contributed by atoms with E-state index in [1.807, 2.05) is 0 Å². The third-order valence-electron chi connectivity index (χ3n) is 3.21. The highest BCUT2D eigenvalue weighted by Gasteiger charge is 2.53. The van der Waals surface area contributed by atoms with Gasteiger partial charge in [0, 0.05) is 0 Å². The fourth-order valence-corrected chi connectivity index (χ4v) is 3.44. The van der Waals surface area contributed by atoms with E-state index in [2.05, 4.69) is 0 Å². The van der Waals surface area contributed by atoms with E-state index in [0.717, 1.165) is 0 Å². The third-order valence-corrected chi connectivity index (χ3v) is 5.06. The SMILES string of the molecule is O=S(=O)([C@@H](c1ccccc1)[C@@H](O)c1ccccc1)C(F)(F)F. The number of rotatable bonds is 4. The normalized spacial score (nSPS) is 15.3. The van der Waals surface area contributed by atoms with Crippen LogP contribution in [0, 0.1) is 0 Å². The van der Waals surface area contributed by atoms with Crippen LogP contribution < -0.4 is 0 Å². The van der Waals surface area contributed by atoms with Crippen LogP contribution in [0.5, 0.6) is 0 Å². The molecule has 0 radical (unpaired) electrons. The van der Waals surface area contributed by atoms with E-state index in [-0.39, 0.29) is 11.1 Å². The van der Waals surface area contributed by atoms with E-state index in [9.17, 15) is 26.7 Å². The lowest BCUT2D eigenvalue weighted by atomic mass is 10.0. The molecule has 0 saturated carbocycles. The van der Waals surface area contributed by atoms with Crippen molar-refractivity contribution >= 4 is 9.84 Å². The van der Waals surface area contributed by atoms with Crippen molar-refractivity contribution in [2.45, 2.75) is 16.9 Å². The second-order valence-electron chi connectivity index (χ2n) is 4.68. The number of alkyl halides is 3. The van der Waals surface area contributed by atoms with E-state index < -0.39 is 26.7 Å². The Hall–Kier alpha value is -1.86. The van der Waals surface area contributed by atoms with E-state index >= 15 is 0 Å². The van der Waals surface area contributed by atoms with Crippen molar-refractivity contribution < 1.29 is 26.7 Å². The van der Waals surface area contributed by atoms with Gasteiger partial charge in [-0.2, -0.15) is 13.2 Å². The molecular weight excluding hydrogens is 317 g/mol. The molecule has 2 aromatic rings. The molecule has 0 spiro atoms. The van der Waals surface area contributed by atoms with Crippen LogP contribution in [0.15, 0.2) is 60.7 Å². The van der Waals surface area contributed by atoms with Crippen LogP contribution in [0.3, 0.4) is 0 Å². The summed E-state index contributed by atoms with van der Waals surface area (Å²) >= 11 is 0. The Balaban J connectivity index is 2.58. The Kier molecular flexibility index (Phi) is 4.58. The average Bonchev–Trinajstić information content (AvgIpc) is 2.48. The van der Waals surface area contributed by atoms with Gasteiger partial charge in [-0.05, 0) is 11.1 Å². The van der Waals surface area contributed by atoms with E-state index in [1.165, 1.54) is 48.5 Å². The molecule has 1 N–H and O–H groups in total. The summed E-state index contributed by atoms with van der Waals surface area (Å²) in [5.41, 5.74) is -5.47. The van der Waals surface area contributed by atoms with Crippen LogP contribution in [0.25, 0.3) is 0 Å². The monoisotopic (exact) mass is 330 g/mol. The lowest BCUT2D eigenvalue weighted by molar-refractivity contribution is -0.0460. The zero-order chi connectivity index (χ0) is 16.4. The van der Waals surface area contributed by atoms with Gasteiger partial charge in [0.25, 0.3) is 9.84 Å². The second-order valence-corrected chi connectivity index (χ2v) is 6.74. The predicted molar refractivity (Wildman–Crippen MR) is 75.6 cm³/mol. The molecule has 0 unspecified atom stereocenters. The minimum absolute atomic E-state index is 0.101. The molecule has 2 atom stereocenters. The Morgan fingerprint density at radius 2 is 1.23 bits per heavy atom. The fourth-order valence-electron chi connectivity index (χ4n) is 2.14. The molecule has 3 nitrogen and oxygen atoms in total. The van der Waals surface area contributed by atoms with Gasteiger partial charge in [-0.1, -0.05) is 60.7 Å². The first kappa shape index (κ1) is 16.5. The van der Waals surface area contributed by atoms with Crippen molar-refractivity contribution in [1.82, 2.24) is 0 Å². The molecule has 7 heteroatoms. The van der Waals surface area contributed by atoms with E-state index in [0.29, 0.717) is 0 Å². The topological polar surface area (TPSA) is 54.4 Å². The largest absolute Gasteiger partial charge is 0.498 e. The van der Waals surface area contributed by atoms with E-state index in [4.69, 9.17) is 0 Å². The minimum atomic E-state index is -5.59. The Morgan fingerprint density at radius 3 is 1.64 bits per heavy atom. The quantitative estimate of drug-likeness (QED) is 0.935. The number of benzene rings is 2. The van der Waals surface area contributed by atoms with Gasteiger partial charge in [0.2, 0.25) is 0 Å². The van der Waals surface area contributed by atoms with Crippen LogP contribution in [0.2, 0.25) is 0 Å². The summed E-state index contributed by atoms with van der Waals surface area (Å²) in [6.07, 6.45) is -1.82. The summed E-state index contributed by atoms with van der Waals surface area (Å²) in [6, 6.07) is 14.3. The standard InChI is InChI=1S/C15H13F3O3S/c16-15(17,18)22(20,21)14(12-9-5-2-6-10-12)13(19)11-7-3-1-4-8-11/h1-10,13-14,19H/t13-,14-/m0/s1. The maximum atomic E-state index is 12.9. The summed E-state index contributed by atoms with van der Waals surface area (Å²) in [4.78, 5) is 0. The molecule has 0 aromatic heterocycles. The minimum Gasteiger partial charge on any atom is -0.387 e. The van der Waals surface area contributed by atoms with Crippen molar-refractivity contribution in [3.63, 3.8) is 0 Å². The van der Waals surface area contributed by atoms with Crippen LogP contribution in [-0.2, 0) is 9.84 Å². The lowest BCUT2D eigenvalue weighted by Gasteiger charge is -2.24. The fraction of sp³-hybridized carbons (Fsp3) is 0.200. The number of hydrogen-bond donors (Lipinski definition) is 1. The zero-order valence-corrected chi connectivity index (χ0v) is 12.1. The summed E-state index contributed by atoms with van der Waals surface area (Å²) in [5, 5.41) is 8.14. The Morgan fingerprint density at radius 1 is 0.818 bits per heavy atom. The molecule has 2 rings (SSSR count). The Labute approximate surface area is 125 Å². The first-order chi connectivity index (χ1) is 10.2. The van der Waals surface area contributed by atoms with E-state index in [1.54, 1.807) is 12.1 Å². The van der Waals surface area contributed by atoms with Gasteiger partial charge in [0.15, 0.2) is 0 Å². The van der Waals surface area contributed by atoms with Crippen LogP contribution in [-0.4, -0.2) is 19.0 Å². The van der Waals surface area contributed by atoms with Crippen molar-refractivity contribution in [2.75, 3.05) is 0 Å². The molecule has 0 aliphatic carbocycles. The average molecular weight is 330 g/mol. The molecule has 2 aromatic carbocycles. The van der Waals surface area contributed by atoms with Crippen LogP contribution in [0.4, 0.5) is 13.2 Å². The van der Waals surface area contributed by atoms with Gasteiger partial charge in [-0.15, -0.1) is 0 Å². The Bertz CT molecular complexity index is 713. The lowest BCUT2D eigenvalue weighted by Crippen LogP contribution is -2.32. The third kappa shape index (κ3) is 3.15. The van der Waals surface area contributed by atoms with Crippen molar-refractivity contribution in [1.29, 1.82) is 0 Å². The molecule has 0 saturated heterocycles. The van der Waals surface area contributed by atoms with Crippen LogP contribution in [0.1, 0.15) is 22.5 Å². The van der Waals surface area contributed by atoms with Gasteiger partial charge >= 0.3 is 5.51 Å². The van der Waals surface area contributed by atoms with Gasteiger partial charge in [-0.25, -0.2) is 8.42 Å². The van der Waals surface area contributed by atoms with Gasteiger partial charge in [0.05, 0.1) is 0 Å². The predicted octanol–water partition coefficient (Wildman–Crippen LogP) is 3.40. The van der Waals surface area contributed by atoms with Crippen LogP contribution >= 0.6 is 0 Å². The summed E-state index contributed by atoms with van der Waals surface area (Å²) in [6.45, 7) is 0. The maximum absolute atomic E-state index is 12.9. The first-order valence-corrected chi connectivity index (χ1v) is 7.88. The highest BCUT2D eigenvalue weighted by Crippen LogP contribution is 2.42. The maximum Gasteiger partial charge on any atom is 0.498 e. The summed E-state index contributed by atoms with van der Waals surface area (Å²) in [7, 11) is -5.59. The first-order valence-electron chi connectivity index (χ1n) is 6.33. The summed E-state index contributed by atoms with van der Waals surface area (Å²) in [5.74, 6) is 0. The highest BCUT2D eigenvalue weighted by molar-refractivity contribution is 7.92. The van der Waals surface area contributed by atoms with Gasteiger partial charge in [0.1, 0.15) is 11.4 Å². The molecule has 0 aliphatic rings. The van der Waals surface area contributed by atoms with Crippen molar-refractivity contribution in [2.24, 2.45) is 0 Å².